The van der Waals surface area contributed by atoms with Crippen molar-refractivity contribution < 1.29 is 15.0 Å². The Balaban J connectivity index is 2.67. The normalized spacial score (nSPS) is 10.3. The van der Waals surface area contributed by atoms with Gasteiger partial charge in [-0.05, 0) is 29.0 Å². The molecule has 2 aromatic rings. The molecule has 0 aliphatic carbocycles. The molecule has 0 heterocycles. The van der Waals surface area contributed by atoms with E-state index >= 15 is 0 Å². The predicted molar refractivity (Wildman–Crippen MR) is 51.4 cm³/mol. The minimum atomic E-state index is -0.958. The van der Waals surface area contributed by atoms with Gasteiger partial charge in [0.25, 0.3) is 0 Å². The van der Waals surface area contributed by atoms with Crippen molar-refractivity contribution in [2.24, 2.45) is 0 Å². The summed E-state index contributed by atoms with van der Waals surface area (Å²) >= 11 is 0. The third kappa shape index (κ3) is 1.40. The monoisotopic (exact) mass is 187 g/mol. The van der Waals surface area contributed by atoms with Crippen LogP contribution in [0.1, 0.15) is 10.4 Å². The maximum atomic E-state index is 10.7. The highest BCUT2D eigenvalue weighted by molar-refractivity contribution is 5.94. The zero-order chi connectivity index (χ0) is 10.1. The summed E-state index contributed by atoms with van der Waals surface area (Å²) in [6.45, 7) is 0. The van der Waals surface area contributed by atoms with Crippen molar-refractivity contribution in [3.63, 3.8) is 0 Å². The molecule has 0 aromatic heterocycles. The minimum Gasteiger partial charge on any atom is -0.507 e. The minimum absolute atomic E-state index is 0.0561. The number of aromatic carboxylic acids is 1. The molecule has 0 bridgehead atoms. The first-order valence-electron chi connectivity index (χ1n) is 4.05. The average Bonchev–Trinajstić information content (AvgIpc) is 2.16. The number of rotatable bonds is 1. The lowest BCUT2D eigenvalue weighted by atomic mass is 10.1. The van der Waals surface area contributed by atoms with Crippen LogP contribution in [0.2, 0.25) is 0 Å². The van der Waals surface area contributed by atoms with E-state index in [0.717, 1.165) is 5.39 Å². The molecule has 2 aromatic carbocycles. The lowest BCUT2D eigenvalue weighted by Crippen LogP contribution is -1.94. The van der Waals surface area contributed by atoms with E-state index in [2.05, 4.69) is 6.07 Å². The van der Waals surface area contributed by atoms with Crippen molar-refractivity contribution in [2.75, 3.05) is 0 Å². The Labute approximate surface area is 80.2 Å². The summed E-state index contributed by atoms with van der Waals surface area (Å²) in [7, 11) is 0. The Kier molecular flexibility index (Phi) is 1.85. The number of phenolic OH excluding ortho intramolecular Hbond substituents is 1. The summed E-state index contributed by atoms with van der Waals surface area (Å²) in [4.78, 5) is 10.7. The topological polar surface area (TPSA) is 57.5 Å². The molecule has 0 spiro atoms. The fourth-order valence-corrected chi connectivity index (χ4v) is 1.30. The quantitative estimate of drug-likeness (QED) is 0.718. The zero-order valence-electron chi connectivity index (χ0n) is 7.19. The van der Waals surface area contributed by atoms with Crippen molar-refractivity contribution in [3.8, 4) is 5.75 Å². The number of carboxylic acid groups (broad SMARTS) is 1. The van der Waals surface area contributed by atoms with Crippen LogP contribution in [-0.4, -0.2) is 16.2 Å². The van der Waals surface area contributed by atoms with Gasteiger partial charge in [0, 0.05) is 6.07 Å². The van der Waals surface area contributed by atoms with Crippen LogP contribution in [0.4, 0.5) is 0 Å². The lowest BCUT2D eigenvalue weighted by Gasteiger charge is -1.99. The number of benzene rings is 2. The first kappa shape index (κ1) is 8.56. The molecule has 0 aliphatic rings. The number of hydrogen-bond acceptors (Lipinski definition) is 2. The van der Waals surface area contributed by atoms with Crippen molar-refractivity contribution >= 4 is 16.7 Å². The molecule has 0 amide bonds. The summed E-state index contributed by atoms with van der Waals surface area (Å²) in [5, 5.41) is 19.3. The smallest absolute Gasteiger partial charge is 0.335 e. The van der Waals surface area contributed by atoms with Crippen LogP contribution in [-0.2, 0) is 0 Å². The molecule has 0 unspecified atom stereocenters. The van der Waals surface area contributed by atoms with Gasteiger partial charge in [-0.15, -0.1) is 0 Å². The highest BCUT2D eigenvalue weighted by atomic mass is 16.4. The zero-order valence-corrected chi connectivity index (χ0v) is 7.19. The van der Waals surface area contributed by atoms with Gasteiger partial charge in [0.1, 0.15) is 5.75 Å². The molecule has 0 fully saturated rings. The van der Waals surface area contributed by atoms with Crippen LogP contribution < -0.4 is 0 Å². The highest BCUT2D eigenvalue weighted by Gasteiger charge is 2.03. The molecule has 3 nitrogen and oxygen atoms in total. The molecular weight excluding hydrogens is 180 g/mol. The summed E-state index contributed by atoms with van der Waals surface area (Å²) < 4.78 is 0. The first-order valence-corrected chi connectivity index (χ1v) is 4.05. The van der Waals surface area contributed by atoms with E-state index in [0.29, 0.717) is 5.39 Å². The molecule has 0 saturated carbocycles. The predicted octanol–water partition coefficient (Wildman–Crippen LogP) is 2.04. The molecule has 14 heavy (non-hydrogen) atoms. The van der Waals surface area contributed by atoms with Gasteiger partial charge < -0.3 is 10.2 Å². The average molecular weight is 187 g/mol. The Morgan fingerprint density at radius 2 is 2.00 bits per heavy atom. The van der Waals surface area contributed by atoms with Gasteiger partial charge in [-0.25, -0.2) is 4.79 Å². The maximum absolute atomic E-state index is 10.7. The Morgan fingerprint density at radius 3 is 2.71 bits per heavy atom. The van der Waals surface area contributed by atoms with E-state index in [-0.39, 0.29) is 11.3 Å². The van der Waals surface area contributed by atoms with Crippen molar-refractivity contribution in [1.82, 2.24) is 0 Å². The number of hydrogen-bond donors (Lipinski definition) is 2. The van der Waals surface area contributed by atoms with E-state index in [4.69, 9.17) is 10.2 Å². The fourth-order valence-electron chi connectivity index (χ4n) is 1.30. The summed E-state index contributed by atoms with van der Waals surface area (Å²) in [5.74, 6) is -0.902. The van der Waals surface area contributed by atoms with E-state index in [1.807, 2.05) is 0 Å². The van der Waals surface area contributed by atoms with Gasteiger partial charge in [-0.1, -0.05) is 12.1 Å². The largest absolute Gasteiger partial charge is 0.507 e. The van der Waals surface area contributed by atoms with Gasteiger partial charge in [-0.3, -0.25) is 0 Å². The van der Waals surface area contributed by atoms with Gasteiger partial charge >= 0.3 is 5.97 Å². The van der Waals surface area contributed by atoms with Gasteiger partial charge in [0.05, 0.1) is 5.56 Å². The second-order valence-electron chi connectivity index (χ2n) is 2.95. The van der Waals surface area contributed by atoms with Crippen LogP contribution in [0.3, 0.4) is 0 Å². The van der Waals surface area contributed by atoms with E-state index in [1.54, 1.807) is 18.2 Å². The second kappa shape index (κ2) is 3.03. The van der Waals surface area contributed by atoms with Crippen LogP contribution >= 0.6 is 0 Å². The molecule has 0 atom stereocenters. The van der Waals surface area contributed by atoms with Crippen molar-refractivity contribution in [3.05, 3.63) is 42.0 Å². The number of carbonyl (C=O) groups is 1. The summed E-state index contributed by atoms with van der Waals surface area (Å²) in [6, 6.07) is 10.5. The molecule has 0 saturated heterocycles. The van der Waals surface area contributed by atoms with Crippen molar-refractivity contribution in [1.29, 1.82) is 0 Å². The lowest BCUT2D eigenvalue weighted by molar-refractivity contribution is 0.0697. The number of fused-ring (bicyclic) bond motifs is 1. The van der Waals surface area contributed by atoms with Gasteiger partial charge in [-0.2, -0.15) is 0 Å². The summed E-state index contributed by atoms with van der Waals surface area (Å²) in [5.41, 5.74) is 0.233. The summed E-state index contributed by atoms with van der Waals surface area (Å²) in [6.07, 6.45) is 0. The number of carboxylic acids is 1. The SMILES string of the molecule is O=C(O)c1ccc2[c]c(O)ccc2c1. The van der Waals surface area contributed by atoms with E-state index in [1.165, 1.54) is 12.1 Å². The van der Waals surface area contributed by atoms with Crippen LogP contribution in [0, 0.1) is 6.07 Å². The number of aromatic hydroxyl groups is 1. The highest BCUT2D eigenvalue weighted by Crippen LogP contribution is 2.20. The third-order valence-corrected chi connectivity index (χ3v) is 1.98. The van der Waals surface area contributed by atoms with Crippen LogP contribution in [0.15, 0.2) is 30.3 Å². The second-order valence-corrected chi connectivity index (χ2v) is 2.95. The standard InChI is InChI=1S/C11H7O3/c12-10-4-3-7-5-9(11(13)14)2-1-8(7)6-10/h1-5,12H,(H,13,14). The fraction of sp³-hybridized carbons (Fsp3) is 0. The Hall–Kier alpha value is -2.03. The third-order valence-electron chi connectivity index (χ3n) is 1.98. The molecule has 1 radical (unpaired) electrons. The molecule has 3 heteroatoms. The molecule has 2 N–H and O–H groups in total. The van der Waals surface area contributed by atoms with Crippen LogP contribution in [0.5, 0.6) is 5.75 Å². The molecule has 0 aliphatic heterocycles. The Morgan fingerprint density at radius 1 is 1.21 bits per heavy atom. The number of phenols is 1. The van der Waals surface area contributed by atoms with E-state index < -0.39 is 5.97 Å². The molecule has 69 valence electrons. The molecule has 2 rings (SSSR count). The molecular formula is C11H7O3. The Bertz CT molecular complexity index is 503. The first-order chi connectivity index (χ1) is 6.66. The van der Waals surface area contributed by atoms with Crippen LogP contribution in [0.25, 0.3) is 10.8 Å². The van der Waals surface area contributed by atoms with E-state index in [9.17, 15) is 4.79 Å². The maximum Gasteiger partial charge on any atom is 0.335 e. The van der Waals surface area contributed by atoms with Gasteiger partial charge in [0.15, 0.2) is 0 Å². The van der Waals surface area contributed by atoms with Crippen molar-refractivity contribution in [2.45, 2.75) is 0 Å². The van der Waals surface area contributed by atoms with Gasteiger partial charge in [0.2, 0.25) is 0 Å².